The topological polar surface area (TPSA) is 46.6 Å². The summed E-state index contributed by atoms with van der Waals surface area (Å²) in [6.45, 7) is 10.2. The molecule has 0 unspecified atom stereocenters. The zero-order valence-electron chi connectivity index (χ0n) is 11.4. The van der Waals surface area contributed by atoms with E-state index in [0.29, 0.717) is 18.9 Å². The Morgan fingerprint density at radius 3 is 2.53 bits per heavy atom. The lowest BCUT2D eigenvalue weighted by molar-refractivity contribution is -0.127. The molecule has 1 atom stereocenters. The van der Waals surface area contributed by atoms with Crippen molar-refractivity contribution in [3.05, 3.63) is 0 Å². The minimum absolute atomic E-state index is 0.107. The molecule has 4 heteroatoms. The summed E-state index contributed by atoms with van der Waals surface area (Å²) in [5.74, 6) is 0.728. The highest BCUT2D eigenvalue weighted by Gasteiger charge is 2.36. The quantitative estimate of drug-likeness (QED) is 0.746. The molecule has 2 amide bonds. The van der Waals surface area contributed by atoms with Crippen LogP contribution in [0.3, 0.4) is 0 Å². The van der Waals surface area contributed by atoms with Crippen LogP contribution in [-0.4, -0.2) is 29.0 Å². The van der Waals surface area contributed by atoms with Gasteiger partial charge in [-0.15, -0.1) is 0 Å². The molecule has 1 rings (SSSR count). The standard InChI is InChI=1S/C13H23NO3/c1-9(2)6-10-7-11(15)14(8-10)12(16)17-13(3,4)5/h9-10H,6-8H2,1-5H3/t10-/m0/s1. The van der Waals surface area contributed by atoms with Crippen molar-refractivity contribution in [2.24, 2.45) is 11.8 Å². The number of carbonyl (C=O) groups is 2. The first kappa shape index (κ1) is 14.0. The summed E-state index contributed by atoms with van der Waals surface area (Å²) in [5, 5.41) is 0. The highest BCUT2D eigenvalue weighted by Crippen LogP contribution is 2.25. The molecule has 0 aromatic carbocycles. The first-order valence-corrected chi connectivity index (χ1v) is 6.22. The Labute approximate surface area is 103 Å². The first-order valence-electron chi connectivity index (χ1n) is 6.22. The van der Waals surface area contributed by atoms with Gasteiger partial charge in [0.25, 0.3) is 0 Å². The molecule has 1 saturated heterocycles. The lowest BCUT2D eigenvalue weighted by atomic mass is 9.96. The summed E-state index contributed by atoms with van der Waals surface area (Å²) in [4.78, 5) is 24.8. The summed E-state index contributed by atoms with van der Waals surface area (Å²) < 4.78 is 5.21. The van der Waals surface area contributed by atoms with Gasteiger partial charge in [-0.05, 0) is 39.0 Å². The van der Waals surface area contributed by atoms with Crippen molar-refractivity contribution in [3.8, 4) is 0 Å². The molecule has 17 heavy (non-hydrogen) atoms. The molecule has 0 radical (unpaired) electrons. The lowest BCUT2D eigenvalue weighted by Gasteiger charge is -2.23. The number of hydrogen-bond acceptors (Lipinski definition) is 3. The molecule has 0 aliphatic carbocycles. The molecule has 0 saturated carbocycles. The summed E-state index contributed by atoms with van der Waals surface area (Å²) in [5.41, 5.74) is -0.548. The van der Waals surface area contributed by atoms with Crippen LogP contribution in [0.2, 0.25) is 0 Å². The second-order valence-corrected chi connectivity index (χ2v) is 6.18. The van der Waals surface area contributed by atoms with E-state index in [-0.39, 0.29) is 11.8 Å². The van der Waals surface area contributed by atoms with Crippen LogP contribution in [-0.2, 0) is 9.53 Å². The lowest BCUT2D eigenvalue weighted by Crippen LogP contribution is -2.37. The van der Waals surface area contributed by atoms with Gasteiger partial charge in [0.2, 0.25) is 5.91 Å². The predicted octanol–water partition coefficient (Wildman–Crippen LogP) is 2.82. The molecule has 0 spiro atoms. The molecule has 4 nitrogen and oxygen atoms in total. The van der Waals surface area contributed by atoms with Crippen molar-refractivity contribution < 1.29 is 14.3 Å². The van der Waals surface area contributed by atoms with Crippen molar-refractivity contribution in [2.75, 3.05) is 6.54 Å². The minimum Gasteiger partial charge on any atom is -0.443 e. The average Bonchev–Trinajstić information content (AvgIpc) is 2.42. The molecule has 1 aliphatic heterocycles. The van der Waals surface area contributed by atoms with Crippen molar-refractivity contribution in [2.45, 2.75) is 53.1 Å². The smallest absolute Gasteiger partial charge is 0.417 e. The molecule has 1 heterocycles. The zero-order chi connectivity index (χ0) is 13.2. The van der Waals surface area contributed by atoms with E-state index in [9.17, 15) is 9.59 Å². The van der Waals surface area contributed by atoms with Gasteiger partial charge in [0, 0.05) is 13.0 Å². The number of hydrogen-bond donors (Lipinski definition) is 0. The van der Waals surface area contributed by atoms with Gasteiger partial charge in [-0.2, -0.15) is 0 Å². The second-order valence-electron chi connectivity index (χ2n) is 6.18. The van der Waals surface area contributed by atoms with Crippen LogP contribution in [0.15, 0.2) is 0 Å². The van der Waals surface area contributed by atoms with Gasteiger partial charge in [-0.1, -0.05) is 13.8 Å². The maximum atomic E-state index is 11.8. The third kappa shape index (κ3) is 4.36. The van der Waals surface area contributed by atoms with Crippen LogP contribution in [0.25, 0.3) is 0 Å². The minimum atomic E-state index is -0.548. The Balaban J connectivity index is 2.56. The van der Waals surface area contributed by atoms with Gasteiger partial charge in [0.15, 0.2) is 0 Å². The summed E-state index contributed by atoms with van der Waals surface area (Å²) in [6.07, 6.45) is 0.941. The highest BCUT2D eigenvalue weighted by atomic mass is 16.6. The summed E-state index contributed by atoms with van der Waals surface area (Å²) in [7, 11) is 0. The van der Waals surface area contributed by atoms with Crippen LogP contribution in [0, 0.1) is 11.8 Å². The number of nitrogens with zero attached hydrogens (tertiary/aromatic N) is 1. The van der Waals surface area contributed by atoms with E-state index in [1.54, 1.807) is 20.8 Å². The summed E-state index contributed by atoms with van der Waals surface area (Å²) in [6, 6.07) is 0. The Hall–Kier alpha value is -1.06. The Morgan fingerprint density at radius 2 is 2.06 bits per heavy atom. The highest BCUT2D eigenvalue weighted by molar-refractivity contribution is 5.93. The molecule has 0 aromatic heterocycles. The second kappa shape index (κ2) is 5.07. The molecule has 0 aromatic rings. The molecule has 98 valence electrons. The fraction of sp³-hybridized carbons (Fsp3) is 0.846. The van der Waals surface area contributed by atoms with Gasteiger partial charge in [-0.25, -0.2) is 9.69 Å². The van der Waals surface area contributed by atoms with E-state index in [4.69, 9.17) is 4.74 Å². The fourth-order valence-corrected chi connectivity index (χ4v) is 2.10. The van der Waals surface area contributed by atoms with Crippen molar-refractivity contribution >= 4 is 12.0 Å². The maximum absolute atomic E-state index is 11.8. The number of amides is 2. The van der Waals surface area contributed by atoms with Crippen molar-refractivity contribution in [1.82, 2.24) is 4.90 Å². The molecule has 0 bridgehead atoms. The number of rotatable bonds is 2. The van der Waals surface area contributed by atoms with Gasteiger partial charge in [0.05, 0.1) is 0 Å². The van der Waals surface area contributed by atoms with E-state index in [1.807, 2.05) is 0 Å². The molecule has 1 fully saturated rings. The summed E-state index contributed by atoms with van der Waals surface area (Å²) >= 11 is 0. The van der Waals surface area contributed by atoms with E-state index >= 15 is 0 Å². The first-order chi connectivity index (χ1) is 7.69. The maximum Gasteiger partial charge on any atom is 0.417 e. The van der Waals surface area contributed by atoms with Crippen molar-refractivity contribution in [1.29, 1.82) is 0 Å². The molecular weight excluding hydrogens is 218 g/mol. The fourth-order valence-electron chi connectivity index (χ4n) is 2.10. The number of imide groups is 1. The van der Waals surface area contributed by atoms with E-state index in [1.165, 1.54) is 4.90 Å². The van der Waals surface area contributed by atoms with E-state index in [2.05, 4.69) is 13.8 Å². The van der Waals surface area contributed by atoms with Crippen molar-refractivity contribution in [3.63, 3.8) is 0 Å². The van der Waals surface area contributed by atoms with Crippen LogP contribution in [0.5, 0.6) is 0 Å². The largest absolute Gasteiger partial charge is 0.443 e. The van der Waals surface area contributed by atoms with Gasteiger partial charge in [0.1, 0.15) is 5.60 Å². The van der Waals surface area contributed by atoms with Crippen LogP contribution >= 0.6 is 0 Å². The van der Waals surface area contributed by atoms with Crippen LogP contribution in [0.4, 0.5) is 4.79 Å². The normalized spacial score (nSPS) is 21.2. The van der Waals surface area contributed by atoms with Gasteiger partial charge >= 0.3 is 6.09 Å². The molecule has 1 aliphatic rings. The number of likely N-dealkylation sites (tertiary alicyclic amines) is 1. The molecular formula is C13H23NO3. The Morgan fingerprint density at radius 1 is 1.47 bits per heavy atom. The predicted molar refractivity (Wildman–Crippen MR) is 65.5 cm³/mol. The van der Waals surface area contributed by atoms with Gasteiger partial charge in [-0.3, -0.25) is 4.79 Å². The average molecular weight is 241 g/mol. The van der Waals surface area contributed by atoms with Crippen LogP contribution < -0.4 is 0 Å². The zero-order valence-corrected chi connectivity index (χ0v) is 11.4. The monoisotopic (exact) mass is 241 g/mol. The Bertz CT molecular complexity index is 304. The number of ether oxygens (including phenoxy) is 1. The Kier molecular flexibility index (Phi) is 4.17. The van der Waals surface area contributed by atoms with E-state index in [0.717, 1.165) is 6.42 Å². The third-order valence-electron chi connectivity index (χ3n) is 2.62. The SMILES string of the molecule is CC(C)C[C@H]1CC(=O)N(C(=O)OC(C)(C)C)C1. The number of carbonyl (C=O) groups excluding carboxylic acids is 2. The third-order valence-corrected chi connectivity index (χ3v) is 2.62. The van der Waals surface area contributed by atoms with Gasteiger partial charge < -0.3 is 4.74 Å². The van der Waals surface area contributed by atoms with Crippen LogP contribution in [0.1, 0.15) is 47.5 Å². The molecule has 0 N–H and O–H groups in total. The van der Waals surface area contributed by atoms with E-state index < -0.39 is 11.7 Å².